The highest BCUT2D eigenvalue weighted by Crippen LogP contribution is 2.32. The summed E-state index contributed by atoms with van der Waals surface area (Å²) in [6.45, 7) is 0.936. The molecular formula is C19H20N2O5S. The normalized spacial score (nSPS) is 14.9. The Morgan fingerprint density at radius 3 is 2.81 bits per heavy atom. The van der Waals surface area contributed by atoms with Crippen molar-refractivity contribution in [3.63, 3.8) is 0 Å². The number of para-hydroxylation sites is 1. The molecule has 0 bridgehead atoms. The van der Waals surface area contributed by atoms with Gasteiger partial charge in [0.15, 0.2) is 11.5 Å². The van der Waals surface area contributed by atoms with Crippen molar-refractivity contribution < 1.29 is 22.7 Å². The van der Waals surface area contributed by atoms with Gasteiger partial charge in [-0.2, -0.15) is 0 Å². The van der Waals surface area contributed by atoms with Gasteiger partial charge in [0, 0.05) is 19.5 Å². The fourth-order valence-electron chi connectivity index (χ4n) is 3.27. The third-order valence-electron chi connectivity index (χ3n) is 4.69. The van der Waals surface area contributed by atoms with Gasteiger partial charge in [-0.25, -0.2) is 8.42 Å². The van der Waals surface area contributed by atoms with Crippen molar-refractivity contribution in [3.8, 4) is 11.5 Å². The highest BCUT2D eigenvalue weighted by molar-refractivity contribution is 7.92. The van der Waals surface area contributed by atoms with Gasteiger partial charge in [-0.15, -0.1) is 0 Å². The second-order valence-corrected chi connectivity index (χ2v) is 8.49. The molecule has 27 heavy (non-hydrogen) atoms. The molecule has 4 rings (SSSR count). The minimum absolute atomic E-state index is 0.0778. The molecule has 2 heterocycles. The van der Waals surface area contributed by atoms with E-state index < -0.39 is 10.0 Å². The molecule has 2 aliphatic rings. The minimum atomic E-state index is -3.52. The fraction of sp³-hybridized carbons (Fsp3) is 0.316. The quantitative estimate of drug-likeness (QED) is 0.816. The zero-order chi connectivity index (χ0) is 18.9. The molecule has 0 saturated carbocycles. The number of ether oxygens (including phenoxy) is 2. The van der Waals surface area contributed by atoms with Gasteiger partial charge in [-0.3, -0.25) is 9.10 Å². The van der Waals surface area contributed by atoms with Gasteiger partial charge in [0.1, 0.15) is 0 Å². The number of hydrogen-bond donors (Lipinski definition) is 1. The second kappa shape index (κ2) is 7.11. The Morgan fingerprint density at radius 1 is 1.11 bits per heavy atom. The molecule has 8 heteroatoms. The van der Waals surface area contributed by atoms with Gasteiger partial charge in [0.2, 0.25) is 22.7 Å². The molecule has 2 aromatic carbocycles. The van der Waals surface area contributed by atoms with Crippen LogP contribution in [0.15, 0.2) is 42.5 Å². The molecule has 0 atom stereocenters. The smallest absolute Gasteiger partial charge is 0.235 e. The van der Waals surface area contributed by atoms with Crippen LogP contribution in [-0.2, 0) is 27.8 Å². The van der Waals surface area contributed by atoms with Gasteiger partial charge in [-0.05, 0) is 35.7 Å². The predicted molar refractivity (Wildman–Crippen MR) is 100 cm³/mol. The first-order valence-electron chi connectivity index (χ1n) is 8.76. The maximum absolute atomic E-state index is 12.6. The van der Waals surface area contributed by atoms with Crippen LogP contribution in [0.5, 0.6) is 11.5 Å². The maximum Gasteiger partial charge on any atom is 0.235 e. The molecule has 0 aliphatic carbocycles. The molecule has 0 saturated heterocycles. The number of carbonyl (C=O) groups excluding carboxylic acids is 1. The number of nitrogens with one attached hydrogen (secondary N) is 1. The van der Waals surface area contributed by atoms with E-state index in [1.54, 1.807) is 18.2 Å². The highest BCUT2D eigenvalue weighted by Gasteiger charge is 2.29. The predicted octanol–water partition coefficient (Wildman–Crippen LogP) is 1.81. The first-order valence-corrected chi connectivity index (χ1v) is 10.4. The summed E-state index contributed by atoms with van der Waals surface area (Å²) < 4.78 is 37.2. The van der Waals surface area contributed by atoms with Crippen LogP contribution < -0.4 is 19.1 Å². The summed E-state index contributed by atoms with van der Waals surface area (Å²) in [6, 6.07) is 12.9. The van der Waals surface area contributed by atoms with Crippen molar-refractivity contribution in [2.24, 2.45) is 0 Å². The topological polar surface area (TPSA) is 84.9 Å². The van der Waals surface area contributed by atoms with Gasteiger partial charge < -0.3 is 14.8 Å². The number of amides is 1. The Balaban J connectivity index is 1.31. The molecule has 142 valence electrons. The number of benzene rings is 2. The Hall–Kier alpha value is -2.74. The summed E-state index contributed by atoms with van der Waals surface area (Å²) in [5, 5.41) is 2.75. The van der Waals surface area contributed by atoms with Crippen molar-refractivity contribution >= 4 is 21.6 Å². The lowest BCUT2D eigenvalue weighted by atomic mass is 10.2. The van der Waals surface area contributed by atoms with E-state index in [0.717, 1.165) is 16.8 Å². The van der Waals surface area contributed by atoms with Crippen molar-refractivity contribution in [1.82, 2.24) is 5.32 Å². The summed E-state index contributed by atoms with van der Waals surface area (Å²) in [4.78, 5) is 12.1. The monoisotopic (exact) mass is 388 g/mol. The van der Waals surface area contributed by atoms with E-state index in [9.17, 15) is 13.2 Å². The lowest BCUT2D eigenvalue weighted by Gasteiger charge is -2.19. The molecular weight excluding hydrogens is 368 g/mol. The number of rotatable bonds is 6. The number of carbonyl (C=O) groups is 1. The van der Waals surface area contributed by atoms with Gasteiger partial charge >= 0.3 is 0 Å². The Labute approximate surface area is 157 Å². The molecule has 2 aromatic rings. The van der Waals surface area contributed by atoms with Gasteiger partial charge in [0.05, 0.1) is 11.4 Å². The van der Waals surface area contributed by atoms with Crippen LogP contribution in [0.3, 0.4) is 0 Å². The molecule has 0 unspecified atom stereocenters. The van der Waals surface area contributed by atoms with Crippen molar-refractivity contribution in [3.05, 3.63) is 53.6 Å². The average Bonchev–Trinajstić information content (AvgIpc) is 3.31. The van der Waals surface area contributed by atoms with Gasteiger partial charge in [-0.1, -0.05) is 24.3 Å². The first-order chi connectivity index (χ1) is 13.0. The number of anilines is 1. The summed E-state index contributed by atoms with van der Waals surface area (Å²) in [5.41, 5.74) is 2.61. The average molecular weight is 388 g/mol. The number of sulfonamides is 1. The summed E-state index contributed by atoms with van der Waals surface area (Å²) in [5.74, 6) is 0.816. The summed E-state index contributed by atoms with van der Waals surface area (Å²) >= 11 is 0. The highest BCUT2D eigenvalue weighted by atomic mass is 32.2. The summed E-state index contributed by atoms with van der Waals surface area (Å²) in [6.07, 6.45) is 0.622. The molecule has 0 fully saturated rings. The summed E-state index contributed by atoms with van der Waals surface area (Å²) in [7, 11) is -3.52. The molecule has 1 N–H and O–H groups in total. The number of fused-ring (bicyclic) bond motifs is 2. The molecule has 0 spiro atoms. The lowest BCUT2D eigenvalue weighted by molar-refractivity contribution is -0.120. The maximum atomic E-state index is 12.6. The minimum Gasteiger partial charge on any atom is -0.454 e. The molecule has 7 nitrogen and oxygen atoms in total. The van der Waals surface area contributed by atoms with E-state index in [2.05, 4.69) is 5.32 Å². The Kier molecular flexibility index (Phi) is 4.65. The fourth-order valence-corrected chi connectivity index (χ4v) is 4.78. The van der Waals surface area contributed by atoms with E-state index in [0.29, 0.717) is 31.0 Å². The Morgan fingerprint density at radius 2 is 1.93 bits per heavy atom. The zero-order valence-corrected chi connectivity index (χ0v) is 15.5. The van der Waals surface area contributed by atoms with Gasteiger partial charge in [0.25, 0.3) is 0 Å². The van der Waals surface area contributed by atoms with Crippen LogP contribution in [-0.4, -0.2) is 33.4 Å². The standard InChI is InChI=1S/C19H20N2O5S/c22-19(20-12-14-5-6-17-18(11-14)26-13-25-17)8-10-27(23,24)21-9-7-15-3-1-2-4-16(15)21/h1-6,11H,7-10,12-13H2,(H,20,22). The van der Waals surface area contributed by atoms with Crippen LogP contribution in [0.25, 0.3) is 0 Å². The Bertz CT molecular complexity index is 974. The van der Waals surface area contributed by atoms with Crippen molar-refractivity contribution in [2.45, 2.75) is 19.4 Å². The number of nitrogens with zero attached hydrogens (tertiary/aromatic N) is 1. The van der Waals surface area contributed by atoms with E-state index in [4.69, 9.17) is 9.47 Å². The van der Waals surface area contributed by atoms with E-state index in [-0.39, 0.29) is 24.9 Å². The second-order valence-electron chi connectivity index (χ2n) is 6.48. The third-order valence-corrected chi connectivity index (χ3v) is 6.46. The van der Waals surface area contributed by atoms with Crippen LogP contribution in [0.1, 0.15) is 17.5 Å². The SMILES string of the molecule is O=C(CCS(=O)(=O)N1CCc2ccccc21)NCc1ccc2c(c1)OCO2. The molecule has 0 radical (unpaired) electrons. The third kappa shape index (κ3) is 3.71. The van der Waals surface area contributed by atoms with Crippen LogP contribution in [0.2, 0.25) is 0 Å². The molecule has 1 amide bonds. The first kappa shape index (κ1) is 17.7. The van der Waals surface area contributed by atoms with E-state index in [1.807, 2.05) is 24.3 Å². The van der Waals surface area contributed by atoms with E-state index >= 15 is 0 Å². The van der Waals surface area contributed by atoms with Crippen LogP contribution in [0, 0.1) is 0 Å². The zero-order valence-electron chi connectivity index (χ0n) is 14.7. The molecule has 0 aromatic heterocycles. The van der Waals surface area contributed by atoms with Crippen molar-refractivity contribution in [1.29, 1.82) is 0 Å². The lowest BCUT2D eigenvalue weighted by Crippen LogP contribution is -2.34. The van der Waals surface area contributed by atoms with Crippen LogP contribution in [0.4, 0.5) is 5.69 Å². The van der Waals surface area contributed by atoms with Crippen LogP contribution >= 0.6 is 0 Å². The van der Waals surface area contributed by atoms with Crippen molar-refractivity contribution in [2.75, 3.05) is 23.4 Å². The number of hydrogen-bond acceptors (Lipinski definition) is 5. The molecule has 2 aliphatic heterocycles. The van der Waals surface area contributed by atoms with E-state index in [1.165, 1.54) is 4.31 Å². The largest absolute Gasteiger partial charge is 0.454 e.